The summed E-state index contributed by atoms with van der Waals surface area (Å²) < 4.78 is 17.1. The normalized spacial score (nSPS) is 15.7. The molecule has 7 nitrogen and oxygen atoms in total. The number of amides is 2. The van der Waals surface area contributed by atoms with Crippen molar-refractivity contribution >= 4 is 17.5 Å². The van der Waals surface area contributed by atoms with Gasteiger partial charge in [-0.15, -0.1) is 0 Å². The molecule has 2 amide bonds. The quantitative estimate of drug-likeness (QED) is 0.661. The van der Waals surface area contributed by atoms with Crippen LogP contribution in [0.4, 0.5) is 5.69 Å². The van der Waals surface area contributed by atoms with Gasteiger partial charge in [0, 0.05) is 24.2 Å². The van der Waals surface area contributed by atoms with E-state index in [1.807, 2.05) is 52.0 Å². The molecular weight excluding hydrogens is 396 g/mol. The van der Waals surface area contributed by atoms with E-state index in [9.17, 15) is 9.59 Å². The molecule has 1 saturated heterocycles. The lowest BCUT2D eigenvalue weighted by molar-refractivity contribution is -0.117. The predicted molar refractivity (Wildman–Crippen MR) is 119 cm³/mol. The van der Waals surface area contributed by atoms with Crippen molar-refractivity contribution in [1.82, 2.24) is 5.32 Å². The maximum atomic E-state index is 13.0. The van der Waals surface area contributed by atoms with Gasteiger partial charge in [0.05, 0.1) is 25.9 Å². The first kappa shape index (κ1) is 22.5. The minimum atomic E-state index is -0.284. The van der Waals surface area contributed by atoms with Gasteiger partial charge in [-0.2, -0.15) is 0 Å². The molecular formula is C24H30N2O5. The van der Waals surface area contributed by atoms with E-state index in [4.69, 9.17) is 14.2 Å². The average Bonchev–Trinajstić information content (AvgIpc) is 3.11. The van der Waals surface area contributed by atoms with E-state index >= 15 is 0 Å². The zero-order chi connectivity index (χ0) is 22.4. The molecule has 3 rings (SSSR count). The van der Waals surface area contributed by atoms with Crippen LogP contribution in [0, 0.1) is 6.92 Å². The van der Waals surface area contributed by atoms with Gasteiger partial charge in [0.2, 0.25) is 11.7 Å². The number of hydrogen-bond acceptors (Lipinski definition) is 5. The van der Waals surface area contributed by atoms with Gasteiger partial charge < -0.3 is 24.4 Å². The molecule has 0 radical (unpaired) electrons. The highest BCUT2D eigenvalue weighted by molar-refractivity contribution is 5.99. The van der Waals surface area contributed by atoms with Crippen LogP contribution in [-0.4, -0.2) is 44.2 Å². The summed E-state index contributed by atoms with van der Waals surface area (Å²) in [6.07, 6.45) is 0.257. The molecule has 0 aliphatic carbocycles. The molecule has 1 fully saturated rings. The number of carbonyl (C=O) groups is 2. The number of anilines is 1. The summed E-state index contributed by atoms with van der Waals surface area (Å²) in [5.41, 5.74) is 2.37. The fourth-order valence-corrected chi connectivity index (χ4v) is 3.57. The lowest BCUT2D eigenvalue weighted by Crippen LogP contribution is -2.37. The minimum Gasteiger partial charge on any atom is -0.490 e. The van der Waals surface area contributed by atoms with Gasteiger partial charge in [0.1, 0.15) is 0 Å². The summed E-state index contributed by atoms with van der Waals surface area (Å²) in [5, 5.41) is 2.97. The summed E-state index contributed by atoms with van der Waals surface area (Å²) >= 11 is 0. The molecule has 2 aromatic rings. The summed E-state index contributed by atoms with van der Waals surface area (Å²) in [7, 11) is 0. The molecule has 0 spiro atoms. The van der Waals surface area contributed by atoms with Crippen LogP contribution < -0.4 is 24.4 Å². The first-order chi connectivity index (χ1) is 15.0. The molecule has 1 N–H and O–H groups in total. The van der Waals surface area contributed by atoms with Crippen molar-refractivity contribution in [2.45, 2.75) is 40.2 Å². The molecule has 0 aromatic heterocycles. The fourth-order valence-electron chi connectivity index (χ4n) is 3.57. The van der Waals surface area contributed by atoms with Crippen LogP contribution in [0.15, 0.2) is 36.4 Å². The number of hydrogen-bond donors (Lipinski definition) is 1. The molecule has 1 aliphatic rings. The van der Waals surface area contributed by atoms with Crippen molar-refractivity contribution in [3.8, 4) is 17.2 Å². The zero-order valence-corrected chi connectivity index (χ0v) is 18.6. The van der Waals surface area contributed by atoms with Gasteiger partial charge in [0.25, 0.3) is 5.91 Å². The topological polar surface area (TPSA) is 77.1 Å². The Bertz CT molecular complexity index is 899. The fraction of sp³-hybridized carbons (Fsp3) is 0.417. The van der Waals surface area contributed by atoms with Gasteiger partial charge in [-0.05, 0) is 52.0 Å². The number of rotatable bonds is 9. The number of aryl methyl sites for hydroxylation is 1. The first-order valence-electron chi connectivity index (χ1n) is 10.7. The third-order valence-electron chi connectivity index (χ3n) is 4.98. The van der Waals surface area contributed by atoms with Crippen LogP contribution in [0.1, 0.15) is 43.1 Å². The van der Waals surface area contributed by atoms with E-state index in [1.54, 1.807) is 17.0 Å². The lowest BCUT2D eigenvalue weighted by Gasteiger charge is -2.19. The number of nitrogens with zero attached hydrogens (tertiary/aromatic N) is 1. The first-order valence-corrected chi connectivity index (χ1v) is 10.7. The Morgan fingerprint density at radius 3 is 2.13 bits per heavy atom. The van der Waals surface area contributed by atoms with Crippen LogP contribution in [-0.2, 0) is 4.79 Å². The Morgan fingerprint density at radius 1 is 1.00 bits per heavy atom. The van der Waals surface area contributed by atoms with Crippen molar-refractivity contribution < 1.29 is 23.8 Å². The lowest BCUT2D eigenvalue weighted by atomic mass is 10.1. The summed E-state index contributed by atoms with van der Waals surface area (Å²) in [4.78, 5) is 27.2. The van der Waals surface area contributed by atoms with Gasteiger partial charge in [-0.25, -0.2) is 0 Å². The Labute approximate surface area is 183 Å². The van der Waals surface area contributed by atoms with Crippen LogP contribution in [0.3, 0.4) is 0 Å². The van der Waals surface area contributed by atoms with Crippen molar-refractivity contribution in [2.75, 3.05) is 31.3 Å². The highest BCUT2D eigenvalue weighted by atomic mass is 16.5. The number of carbonyl (C=O) groups excluding carboxylic acids is 2. The monoisotopic (exact) mass is 426 g/mol. The van der Waals surface area contributed by atoms with Gasteiger partial charge in [-0.1, -0.05) is 17.7 Å². The Morgan fingerprint density at radius 2 is 1.58 bits per heavy atom. The summed E-state index contributed by atoms with van der Waals surface area (Å²) in [6.45, 7) is 9.36. The average molecular weight is 427 g/mol. The van der Waals surface area contributed by atoms with Crippen LogP contribution >= 0.6 is 0 Å². The molecule has 0 saturated carbocycles. The van der Waals surface area contributed by atoms with Gasteiger partial charge in [0.15, 0.2) is 11.5 Å². The van der Waals surface area contributed by atoms with Gasteiger partial charge in [-0.3, -0.25) is 9.59 Å². The third kappa shape index (κ3) is 5.29. The van der Waals surface area contributed by atoms with E-state index < -0.39 is 0 Å². The maximum absolute atomic E-state index is 13.0. The Balaban J connectivity index is 1.78. The number of benzene rings is 2. The minimum absolute atomic E-state index is 0.00847. The van der Waals surface area contributed by atoms with E-state index in [0.717, 1.165) is 11.3 Å². The van der Waals surface area contributed by atoms with E-state index in [2.05, 4.69) is 5.32 Å². The highest BCUT2D eigenvalue weighted by Gasteiger charge is 2.32. The van der Waals surface area contributed by atoms with E-state index in [1.165, 1.54) is 0 Å². The van der Waals surface area contributed by atoms with Crippen LogP contribution in [0.2, 0.25) is 0 Å². The van der Waals surface area contributed by atoms with Crippen LogP contribution in [0.5, 0.6) is 17.2 Å². The molecule has 31 heavy (non-hydrogen) atoms. The highest BCUT2D eigenvalue weighted by Crippen LogP contribution is 2.39. The van der Waals surface area contributed by atoms with Crippen molar-refractivity contribution in [3.05, 3.63) is 47.5 Å². The maximum Gasteiger partial charge on any atom is 0.251 e. The molecule has 0 bridgehead atoms. The molecule has 2 aromatic carbocycles. The Kier molecular flexibility index (Phi) is 7.39. The van der Waals surface area contributed by atoms with Crippen molar-refractivity contribution in [1.29, 1.82) is 0 Å². The molecule has 7 heteroatoms. The second-order valence-corrected chi connectivity index (χ2v) is 7.32. The van der Waals surface area contributed by atoms with Gasteiger partial charge >= 0.3 is 0 Å². The van der Waals surface area contributed by atoms with E-state index in [0.29, 0.717) is 49.2 Å². The second kappa shape index (κ2) is 10.2. The summed E-state index contributed by atoms with van der Waals surface area (Å²) in [6, 6.07) is 10.8. The SMILES string of the molecule is CCOc1cc(C(=O)N[C@H]2CC(=O)N(c3ccc(C)cc3)C2)cc(OCC)c1OCC. The molecule has 1 aliphatic heterocycles. The largest absolute Gasteiger partial charge is 0.490 e. The second-order valence-electron chi connectivity index (χ2n) is 7.32. The standard InChI is InChI=1S/C24H30N2O5/c1-5-29-20-12-17(13-21(30-6-2)23(20)31-7-3)24(28)25-18-14-22(27)26(15-18)19-10-8-16(4)9-11-19/h8-13,18H,5-7,14-15H2,1-4H3,(H,25,28)/t18-/m0/s1. The number of ether oxygens (including phenoxy) is 3. The molecule has 1 heterocycles. The number of nitrogens with one attached hydrogen (secondary N) is 1. The molecule has 166 valence electrons. The van der Waals surface area contributed by atoms with Crippen molar-refractivity contribution in [2.24, 2.45) is 0 Å². The smallest absolute Gasteiger partial charge is 0.251 e. The molecule has 1 atom stereocenters. The Hall–Kier alpha value is -3.22. The zero-order valence-electron chi connectivity index (χ0n) is 18.6. The summed E-state index contributed by atoms with van der Waals surface area (Å²) in [5.74, 6) is 1.12. The molecule has 0 unspecified atom stereocenters. The van der Waals surface area contributed by atoms with E-state index in [-0.39, 0.29) is 24.3 Å². The van der Waals surface area contributed by atoms with Crippen LogP contribution in [0.25, 0.3) is 0 Å². The predicted octanol–water partition coefficient (Wildman–Crippen LogP) is 3.73. The third-order valence-corrected chi connectivity index (χ3v) is 4.98. The van der Waals surface area contributed by atoms with Crippen molar-refractivity contribution in [3.63, 3.8) is 0 Å².